The van der Waals surface area contributed by atoms with E-state index in [1.807, 2.05) is 37.3 Å². The van der Waals surface area contributed by atoms with Crippen LogP contribution in [0, 0.1) is 6.92 Å². The molecule has 0 unspecified atom stereocenters. The fraction of sp³-hybridized carbons (Fsp3) is 0.150. The van der Waals surface area contributed by atoms with Crippen molar-refractivity contribution in [1.82, 2.24) is 10.3 Å². The summed E-state index contributed by atoms with van der Waals surface area (Å²) in [5.74, 6) is -1.23. The number of carboxylic acid groups (broad SMARTS) is 1. The molecule has 132 valence electrons. The number of pyridine rings is 1. The normalized spacial score (nSPS) is 11.9. The van der Waals surface area contributed by atoms with E-state index in [4.69, 9.17) is 0 Å². The van der Waals surface area contributed by atoms with Crippen LogP contribution in [0.2, 0.25) is 0 Å². The molecule has 1 aromatic heterocycles. The van der Waals surface area contributed by atoms with Gasteiger partial charge in [0.05, 0.1) is 5.52 Å². The molecule has 0 radical (unpaired) electrons. The van der Waals surface area contributed by atoms with Gasteiger partial charge in [0.1, 0.15) is 6.04 Å². The molecule has 0 fully saturated rings. The summed E-state index contributed by atoms with van der Waals surface area (Å²) >= 11 is 1.40. The summed E-state index contributed by atoms with van der Waals surface area (Å²) in [6, 6.07) is 17.3. The molecule has 2 aromatic carbocycles. The minimum atomic E-state index is -1.06. The summed E-state index contributed by atoms with van der Waals surface area (Å²) in [5.41, 5.74) is 2.18. The van der Waals surface area contributed by atoms with Crippen LogP contribution >= 0.6 is 11.8 Å². The molecule has 1 atom stereocenters. The van der Waals surface area contributed by atoms with Crippen LogP contribution in [0.4, 0.5) is 0 Å². The third kappa shape index (κ3) is 4.21. The summed E-state index contributed by atoms with van der Waals surface area (Å²) in [6.45, 7) is 1.91. The van der Waals surface area contributed by atoms with Crippen molar-refractivity contribution >= 4 is 34.5 Å². The molecule has 3 aromatic rings. The number of aromatic nitrogens is 1. The standard InChI is InChI=1S/C20H18N2O3S/c1-13-11-18(15-9-5-6-10-16(15)21-13)26-12-17(20(24)25)22-19(23)14-7-3-2-4-8-14/h2-11,17H,12H2,1H3,(H,22,23)(H,24,25)/t17-/m0/s1. The highest BCUT2D eigenvalue weighted by atomic mass is 32.2. The third-order valence-electron chi connectivity index (χ3n) is 3.85. The number of carbonyl (C=O) groups is 2. The van der Waals surface area contributed by atoms with Crippen molar-refractivity contribution in [2.24, 2.45) is 0 Å². The number of carboxylic acids is 1. The lowest BCUT2D eigenvalue weighted by Gasteiger charge is -2.15. The summed E-state index contributed by atoms with van der Waals surface area (Å²) < 4.78 is 0. The van der Waals surface area contributed by atoms with Gasteiger partial charge in [-0.15, -0.1) is 11.8 Å². The predicted octanol–water partition coefficient (Wildman–Crippen LogP) is 3.52. The summed E-state index contributed by atoms with van der Waals surface area (Å²) in [4.78, 5) is 29.3. The number of carbonyl (C=O) groups excluding carboxylic acids is 1. The molecule has 0 aliphatic rings. The Hall–Kier alpha value is -2.86. The maximum absolute atomic E-state index is 12.2. The van der Waals surface area contributed by atoms with E-state index >= 15 is 0 Å². The second-order valence-corrected chi connectivity index (χ2v) is 6.88. The molecule has 26 heavy (non-hydrogen) atoms. The average Bonchev–Trinajstić information content (AvgIpc) is 2.65. The molecule has 1 amide bonds. The lowest BCUT2D eigenvalue weighted by Crippen LogP contribution is -2.42. The smallest absolute Gasteiger partial charge is 0.327 e. The van der Waals surface area contributed by atoms with Crippen LogP contribution < -0.4 is 5.32 Å². The van der Waals surface area contributed by atoms with Crippen LogP contribution in [0.15, 0.2) is 65.6 Å². The van der Waals surface area contributed by atoms with Gasteiger partial charge in [0.25, 0.3) is 5.91 Å². The average molecular weight is 366 g/mol. The van der Waals surface area contributed by atoms with Gasteiger partial charge < -0.3 is 10.4 Å². The Morgan fingerprint density at radius 2 is 1.81 bits per heavy atom. The van der Waals surface area contributed by atoms with E-state index in [0.29, 0.717) is 5.56 Å². The molecule has 1 heterocycles. The Morgan fingerprint density at radius 1 is 1.12 bits per heavy atom. The van der Waals surface area contributed by atoms with E-state index in [0.717, 1.165) is 21.5 Å². The number of nitrogens with zero attached hydrogens (tertiary/aromatic N) is 1. The van der Waals surface area contributed by atoms with Crippen molar-refractivity contribution in [3.05, 3.63) is 71.9 Å². The fourth-order valence-electron chi connectivity index (χ4n) is 2.57. The number of benzene rings is 2. The van der Waals surface area contributed by atoms with Crippen molar-refractivity contribution in [3.8, 4) is 0 Å². The first-order chi connectivity index (χ1) is 12.5. The third-order valence-corrected chi connectivity index (χ3v) is 5.00. The molecule has 0 aliphatic carbocycles. The van der Waals surface area contributed by atoms with E-state index in [-0.39, 0.29) is 5.75 Å². The fourth-order valence-corrected chi connectivity index (χ4v) is 3.72. The SMILES string of the molecule is Cc1cc(SC[C@H](NC(=O)c2ccccc2)C(=O)O)c2ccccc2n1. The number of aliphatic carboxylic acids is 1. The molecular formula is C20H18N2O3S. The van der Waals surface area contributed by atoms with Crippen molar-refractivity contribution < 1.29 is 14.7 Å². The number of aryl methyl sites for hydroxylation is 1. The van der Waals surface area contributed by atoms with Crippen LogP contribution in [0.3, 0.4) is 0 Å². The van der Waals surface area contributed by atoms with E-state index < -0.39 is 17.9 Å². The first-order valence-electron chi connectivity index (χ1n) is 8.12. The van der Waals surface area contributed by atoms with Crippen LogP contribution in [0.1, 0.15) is 16.1 Å². The molecule has 5 nitrogen and oxygen atoms in total. The Labute approximate surface area is 155 Å². The van der Waals surface area contributed by atoms with Crippen molar-refractivity contribution in [3.63, 3.8) is 0 Å². The van der Waals surface area contributed by atoms with Gasteiger partial charge in [-0.2, -0.15) is 0 Å². The van der Waals surface area contributed by atoms with Crippen LogP contribution in [-0.4, -0.2) is 33.8 Å². The predicted molar refractivity (Wildman–Crippen MR) is 103 cm³/mol. The summed E-state index contributed by atoms with van der Waals surface area (Å²) in [7, 11) is 0. The Balaban J connectivity index is 1.76. The quantitative estimate of drug-likeness (QED) is 0.653. The van der Waals surface area contributed by atoms with E-state index in [2.05, 4.69) is 10.3 Å². The van der Waals surface area contributed by atoms with Gasteiger partial charge in [0.2, 0.25) is 0 Å². The van der Waals surface area contributed by atoms with Gasteiger partial charge in [0, 0.05) is 27.3 Å². The highest BCUT2D eigenvalue weighted by Crippen LogP contribution is 2.28. The van der Waals surface area contributed by atoms with Crippen LogP contribution in [-0.2, 0) is 4.79 Å². The number of nitrogens with one attached hydrogen (secondary N) is 1. The molecule has 0 bridgehead atoms. The maximum Gasteiger partial charge on any atom is 0.327 e. The number of thioether (sulfide) groups is 1. The first kappa shape index (κ1) is 17.9. The highest BCUT2D eigenvalue weighted by molar-refractivity contribution is 7.99. The Kier molecular flexibility index (Phi) is 5.53. The largest absolute Gasteiger partial charge is 0.480 e. The number of hydrogen-bond donors (Lipinski definition) is 2. The molecule has 0 saturated heterocycles. The zero-order valence-corrected chi connectivity index (χ0v) is 15.0. The van der Waals surface area contributed by atoms with Gasteiger partial charge in [-0.1, -0.05) is 36.4 Å². The molecule has 2 N–H and O–H groups in total. The van der Waals surface area contributed by atoms with Crippen molar-refractivity contribution in [1.29, 1.82) is 0 Å². The number of rotatable bonds is 6. The van der Waals surface area contributed by atoms with Gasteiger partial charge >= 0.3 is 5.97 Å². The zero-order valence-electron chi connectivity index (χ0n) is 14.2. The molecule has 6 heteroatoms. The lowest BCUT2D eigenvalue weighted by molar-refractivity contribution is -0.138. The van der Waals surface area contributed by atoms with E-state index in [1.54, 1.807) is 30.3 Å². The summed E-state index contributed by atoms with van der Waals surface area (Å²) in [5, 5.41) is 13.0. The topological polar surface area (TPSA) is 79.3 Å². The van der Waals surface area contributed by atoms with Crippen LogP contribution in [0.25, 0.3) is 10.9 Å². The zero-order chi connectivity index (χ0) is 18.5. The number of amides is 1. The van der Waals surface area contributed by atoms with Crippen LogP contribution in [0.5, 0.6) is 0 Å². The van der Waals surface area contributed by atoms with Gasteiger partial charge in [-0.05, 0) is 31.2 Å². The first-order valence-corrected chi connectivity index (χ1v) is 9.11. The second kappa shape index (κ2) is 8.01. The minimum Gasteiger partial charge on any atom is -0.480 e. The monoisotopic (exact) mass is 366 g/mol. The maximum atomic E-state index is 12.2. The highest BCUT2D eigenvalue weighted by Gasteiger charge is 2.21. The van der Waals surface area contributed by atoms with E-state index in [1.165, 1.54) is 11.8 Å². The minimum absolute atomic E-state index is 0.224. The Bertz CT molecular complexity index is 944. The number of para-hydroxylation sites is 1. The van der Waals surface area contributed by atoms with E-state index in [9.17, 15) is 14.7 Å². The molecule has 0 saturated carbocycles. The van der Waals surface area contributed by atoms with Gasteiger partial charge in [-0.25, -0.2) is 4.79 Å². The Morgan fingerprint density at radius 3 is 2.54 bits per heavy atom. The summed E-state index contributed by atoms with van der Waals surface area (Å²) in [6.07, 6.45) is 0. The molecule has 3 rings (SSSR count). The molecule has 0 spiro atoms. The van der Waals surface area contributed by atoms with Crippen molar-refractivity contribution in [2.45, 2.75) is 17.9 Å². The number of fused-ring (bicyclic) bond motifs is 1. The molecular weight excluding hydrogens is 348 g/mol. The number of hydrogen-bond acceptors (Lipinski definition) is 4. The molecule has 0 aliphatic heterocycles. The van der Waals surface area contributed by atoms with Gasteiger partial charge in [-0.3, -0.25) is 9.78 Å². The van der Waals surface area contributed by atoms with Gasteiger partial charge in [0.15, 0.2) is 0 Å². The lowest BCUT2D eigenvalue weighted by atomic mass is 10.2. The van der Waals surface area contributed by atoms with Crippen molar-refractivity contribution in [2.75, 3.05) is 5.75 Å². The second-order valence-electron chi connectivity index (χ2n) is 5.82.